The lowest BCUT2D eigenvalue weighted by atomic mass is 10.1. The number of nitro groups is 1. The molecule has 1 heterocycles. The Hall–Kier alpha value is -2.28. The van der Waals surface area contributed by atoms with E-state index >= 15 is 0 Å². The SMILES string of the molecule is CC(NCCc1nncn1C)c1ccccc1[N+](=O)[O-]. The van der Waals surface area contributed by atoms with Crippen LogP contribution < -0.4 is 5.32 Å². The van der Waals surface area contributed by atoms with Crippen molar-refractivity contribution in [3.05, 3.63) is 52.1 Å². The van der Waals surface area contributed by atoms with Crippen molar-refractivity contribution in [2.45, 2.75) is 19.4 Å². The molecule has 7 heteroatoms. The van der Waals surface area contributed by atoms with Gasteiger partial charge >= 0.3 is 0 Å². The quantitative estimate of drug-likeness (QED) is 0.639. The highest BCUT2D eigenvalue weighted by atomic mass is 16.6. The first-order valence-corrected chi connectivity index (χ1v) is 6.39. The van der Waals surface area contributed by atoms with Gasteiger partial charge < -0.3 is 9.88 Å². The number of nitrogens with zero attached hydrogens (tertiary/aromatic N) is 4. The molecule has 0 bridgehead atoms. The zero-order chi connectivity index (χ0) is 14.5. The number of para-hydroxylation sites is 1. The van der Waals surface area contributed by atoms with Crippen molar-refractivity contribution in [1.82, 2.24) is 20.1 Å². The lowest BCUT2D eigenvalue weighted by Crippen LogP contribution is -2.23. The summed E-state index contributed by atoms with van der Waals surface area (Å²) in [6.07, 6.45) is 2.38. The largest absolute Gasteiger partial charge is 0.321 e. The molecule has 2 rings (SSSR count). The second kappa shape index (κ2) is 6.25. The topological polar surface area (TPSA) is 85.9 Å². The van der Waals surface area contributed by atoms with Gasteiger partial charge in [-0.25, -0.2) is 0 Å². The van der Waals surface area contributed by atoms with Crippen LogP contribution in [-0.4, -0.2) is 26.2 Å². The molecule has 0 saturated carbocycles. The average Bonchev–Trinajstić information content (AvgIpc) is 2.84. The highest BCUT2D eigenvalue weighted by Crippen LogP contribution is 2.24. The molecule has 0 saturated heterocycles. The molecule has 0 aliphatic heterocycles. The van der Waals surface area contributed by atoms with Crippen molar-refractivity contribution in [3.63, 3.8) is 0 Å². The summed E-state index contributed by atoms with van der Waals surface area (Å²) < 4.78 is 1.86. The maximum atomic E-state index is 11.0. The Labute approximate surface area is 116 Å². The standard InChI is InChI=1S/C13H17N5O2/c1-10(11-5-3-4-6-12(11)18(19)20)14-8-7-13-16-15-9-17(13)2/h3-6,9-10,14H,7-8H2,1-2H3. The van der Waals surface area contributed by atoms with E-state index in [9.17, 15) is 10.1 Å². The molecule has 0 aliphatic rings. The van der Waals surface area contributed by atoms with E-state index in [1.54, 1.807) is 18.5 Å². The average molecular weight is 275 g/mol. The Bertz CT molecular complexity index is 596. The van der Waals surface area contributed by atoms with Gasteiger partial charge in [0.05, 0.1) is 4.92 Å². The van der Waals surface area contributed by atoms with Crippen LogP contribution in [0.1, 0.15) is 24.4 Å². The first kappa shape index (κ1) is 14.1. The smallest absolute Gasteiger partial charge is 0.274 e. The fourth-order valence-electron chi connectivity index (χ4n) is 2.06. The molecule has 0 aliphatic carbocycles. The minimum Gasteiger partial charge on any atom is -0.321 e. The van der Waals surface area contributed by atoms with Gasteiger partial charge in [0.15, 0.2) is 0 Å². The summed E-state index contributed by atoms with van der Waals surface area (Å²) in [5.74, 6) is 0.882. The maximum absolute atomic E-state index is 11.0. The number of aryl methyl sites for hydroxylation is 1. The van der Waals surface area contributed by atoms with Crippen LogP contribution >= 0.6 is 0 Å². The van der Waals surface area contributed by atoms with Gasteiger partial charge in [0, 0.05) is 37.7 Å². The molecular formula is C13H17N5O2. The van der Waals surface area contributed by atoms with Gasteiger partial charge in [0.1, 0.15) is 12.2 Å². The lowest BCUT2D eigenvalue weighted by molar-refractivity contribution is -0.385. The number of nitro benzene ring substituents is 1. The van der Waals surface area contributed by atoms with E-state index in [-0.39, 0.29) is 16.7 Å². The first-order valence-electron chi connectivity index (χ1n) is 6.39. The molecule has 1 atom stereocenters. The summed E-state index contributed by atoms with van der Waals surface area (Å²) in [5, 5.41) is 22.1. The summed E-state index contributed by atoms with van der Waals surface area (Å²) in [4.78, 5) is 10.6. The summed E-state index contributed by atoms with van der Waals surface area (Å²) >= 11 is 0. The zero-order valence-electron chi connectivity index (χ0n) is 11.5. The monoisotopic (exact) mass is 275 g/mol. The van der Waals surface area contributed by atoms with Crippen molar-refractivity contribution >= 4 is 5.69 Å². The van der Waals surface area contributed by atoms with Gasteiger partial charge in [0.25, 0.3) is 5.69 Å². The number of aromatic nitrogens is 3. The van der Waals surface area contributed by atoms with Gasteiger partial charge in [-0.3, -0.25) is 10.1 Å². The fourth-order valence-corrected chi connectivity index (χ4v) is 2.06. The molecule has 0 fully saturated rings. The summed E-state index contributed by atoms with van der Waals surface area (Å²) in [5.41, 5.74) is 0.835. The van der Waals surface area contributed by atoms with Crippen LogP contribution in [0.15, 0.2) is 30.6 Å². The third-order valence-corrected chi connectivity index (χ3v) is 3.20. The second-order valence-electron chi connectivity index (χ2n) is 4.60. The molecule has 2 aromatic rings. The summed E-state index contributed by atoms with van der Waals surface area (Å²) in [7, 11) is 1.89. The number of hydrogen-bond donors (Lipinski definition) is 1. The predicted octanol–water partition coefficient (Wildman–Crippen LogP) is 1.62. The predicted molar refractivity (Wildman–Crippen MR) is 74.2 cm³/mol. The fraction of sp³-hybridized carbons (Fsp3) is 0.385. The van der Waals surface area contributed by atoms with Crippen LogP contribution in [-0.2, 0) is 13.5 Å². The molecule has 1 aromatic carbocycles. The number of rotatable bonds is 6. The van der Waals surface area contributed by atoms with Crippen LogP contribution in [0.25, 0.3) is 0 Å². The van der Waals surface area contributed by atoms with E-state index in [0.717, 1.165) is 12.2 Å². The van der Waals surface area contributed by atoms with E-state index in [0.29, 0.717) is 12.1 Å². The van der Waals surface area contributed by atoms with E-state index in [2.05, 4.69) is 15.5 Å². The van der Waals surface area contributed by atoms with Gasteiger partial charge in [-0.2, -0.15) is 0 Å². The van der Waals surface area contributed by atoms with Crippen molar-refractivity contribution < 1.29 is 4.92 Å². The summed E-state index contributed by atoms with van der Waals surface area (Å²) in [6.45, 7) is 2.60. The Balaban J connectivity index is 1.97. The third kappa shape index (κ3) is 3.18. The number of nitrogens with one attached hydrogen (secondary N) is 1. The van der Waals surface area contributed by atoms with E-state index in [1.165, 1.54) is 6.07 Å². The van der Waals surface area contributed by atoms with Crippen LogP contribution in [0.5, 0.6) is 0 Å². The normalized spacial score (nSPS) is 12.3. The van der Waals surface area contributed by atoms with Crippen LogP contribution in [0, 0.1) is 10.1 Å². The van der Waals surface area contributed by atoms with E-state index in [1.807, 2.05) is 24.6 Å². The molecule has 0 amide bonds. The van der Waals surface area contributed by atoms with Crippen LogP contribution in [0.3, 0.4) is 0 Å². The van der Waals surface area contributed by atoms with Crippen LogP contribution in [0.2, 0.25) is 0 Å². The number of benzene rings is 1. The second-order valence-corrected chi connectivity index (χ2v) is 4.60. The van der Waals surface area contributed by atoms with Crippen molar-refractivity contribution in [2.75, 3.05) is 6.54 Å². The Kier molecular flexibility index (Phi) is 4.41. The van der Waals surface area contributed by atoms with E-state index in [4.69, 9.17) is 0 Å². The molecule has 1 N–H and O–H groups in total. The molecular weight excluding hydrogens is 258 g/mol. The summed E-state index contributed by atoms with van der Waals surface area (Å²) in [6, 6.07) is 6.69. The number of hydrogen-bond acceptors (Lipinski definition) is 5. The molecule has 106 valence electrons. The highest BCUT2D eigenvalue weighted by Gasteiger charge is 2.17. The Morgan fingerprint density at radius 1 is 1.45 bits per heavy atom. The zero-order valence-corrected chi connectivity index (χ0v) is 11.5. The van der Waals surface area contributed by atoms with Crippen LogP contribution in [0.4, 0.5) is 5.69 Å². The highest BCUT2D eigenvalue weighted by molar-refractivity contribution is 5.41. The minimum absolute atomic E-state index is 0.0928. The van der Waals surface area contributed by atoms with Gasteiger partial charge in [-0.1, -0.05) is 18.2 Å². The molecule has 1 aromatic heterocycles. The van der Waals surface area contributed by atoms with Crippen molar-refractivity contribution in [2.24, 2.45) is 7.05 Å². The Morgan fingerprint density at radius 3 is 2.85 bits per heavy atom. The molecule has 1 unspecified atom stereocenters. The minimum atomic E-state index is -0.351. The van der Waals surface area contributed by atoms with Crippen molar-refractivity contribution in [3.8, 4) is 0 Å². The maximum Gasteiger partial charge on any atom is 0.274 e. The van der Waals surface area contributed by atoms with Gasteiger partial charge in [-0.15, -0.1) is 10.2 Å². The van der Waals surface area contributed by atoms with Crippen molar-refractivity contribution in [1.29, 1.82) is 0 Å². The van der Waals surface area contributed by atoms with Gasteiger partial charge in [0.2, 0.25) is 0 Å². The Morgan fingerprint density at radius 2 is 2.20 bits per heavy atom. The lowest BCUT2D eigenvalue weighted by Gasteiger charge is -2.14. The molecule has 0 radical (unpaired) electrons. The first-order chi connectivity index (χ1) is 9.59. The van der Waals surface area contributed by atoms with E-state index < -0.39 is 0 Å². The molecule has 20 heavy (non-hydrogen) atoms. The molecule has 0 spiro atoms. The van der Waals surface area contributed by atoms with Gasteiger partial charge in [-0.05, 0) is 6.92 Å². The molecule has 7 nitrogen and oxygen atoms in total. The third-order valence-electron chi connectivity index (χ3n) is 3.20.